The average Bonchev–Trinajstić information content (AvgIpc) is 3.34. The van der Waals surface area contributed by atoms with Gasteiger partial charge in [0.2, 0.25) is 0 Å². The Labute approximate surface area is 155 Å². The van der Waals surface area contributed by atoms with E-state index in [2.05, 4.69) is 94.8 Å². The lowest BCUT2D eigenvalue weighted by Crippen LogP contribution is -2.55. The molecule has 1 spiro atoms. The van der Waals surface area contributed by atoms with E-state index in [1.54, 1.807) is 0 Å². The van der Waals surface area contributed by atoms with Gasteiger partial charge in [-0.1, -0.05) is 60.7 Å². The minimum atomic E-state index is 0.0369. The summed E-state index contributed by atoms with van der Waals surface area (Å²) in [5.74, 6) is 0.498. The van der Waals surface area contributed by atoms with Gasteiger partial charge in [-0.05, 0) is 38.1 Å². The fraction of sp³-hybridized carbons (Fsp3) is 0.455. The summed E-state index contributed by atoms with van der Waals surface area (Å²) in [6.45, 7) is 0.863. The number of fused-ring (bicyclic) bond motifs is 2. The summed E-state index contributed by atoms with van der Waals surface area (Å²) < 4.78 is 0. The molecular weight excluding hydrogens is 320 g/mol. The number of azo groups is 1. The van der Waals surface area contributed by atoms with Crippen LogP contribution in [0.1, 0.15) is 36.1 Å². The fourth-order valence-corrected chi connectivity index (χ4v) is 5.84. The summed E-state index contributed by atoms with van der Waals surface area (Å²) in [4.78, 5) is 5.28. The highest BCUT2D eigenvalue weighted by Gasteiger charge is 2.63. The lowest BCUT2D eigenvalue weighted by molar-refractivity contribution is -0.00287. The van der Waals surface area contributed by atoms with E-state index in [0.29, 0.717) is 24.0 Å². The Kier molecular flexibility index (Phi) is 3.73. The van der Waals surface area contributed by atoms with Gasteiger partial charge in [0, 0.05) is 5.92 Å². The van der Waals surface area contributed by atoms with Crippen LogP contribution in [0.4, 0.5) is 0 Å². The van der Waals surface area contributed by atoms with Crippen LogP contribution in [0.25, 0.3) is 0 Å². The molecule has 2 aromatic rings. The van der Waals surface area contributed by atoms with E-state index in [1.165, 1.54) is 17.5 Å². The van der Waals surface area contributed by atoms with Gasteiger partial charge in [-0.3, -0.25) is 9.80 Å². The van der Waals surface area contributed by atoms with Crippen molar-refractivity contribution in [2.45, 2.75) is 36.6 Å². The van der Waals surface area contributed by atoms with Crippen molar-refractivity contribution in [2.75, 3.05) is 20.6 Å². The Morgan fingerprint density at radius 1 is 0.846 bits per heavy atom. The molecule has 0 radical (unpaired) electrons. The number of nitrogens with zero attached hydrogens (tertiary/aromatic N) is 4. The third-order valence-corrected chi connectivity index (χ3v) is 7.01. The van der Waals surface area contributed by atoms with E-state index in [0.717, 1.165) is 13.0 Å². The van der Waals surface area contributed by atoms with Crippen LogP contribution in [0.5, 0.6) is 0 Å². The van der Waals surface area contributed by atoms with Crippen molar-refractivity contribution in [3.05, 3.63) is 71.8 Å². The first kappa shape index (κ1) is 16.2. The van der Waals surface area contributed by atoms with Gasteiger partial charge in [0.15, 0.2) is 0 Å². The second-order valence-electron chi connectivity index (χ2n) is 7.96. The van der Waals surface area contributed by atoms with Gasteiger partial charge in [-0.15, -0.1) is 0 Å². The van der Waals surface area contributed by atoms with Crippen molar-refractivity contribution in [1.29, 1.82) is 0 Å². The lowest BCUT2D eigenvalue weighted by atomic mass is 9.92. The molecule has 0 amide bonds. The molecule has 2 aromatic carbocycles. The number of rotatable bonds is 2. The normalized spacial score (nSPS) is 33.2. The van der Waals surface area contributed by atoms with Crippen molar-refractivity contribution in [3.8, 4) is 0 Å². The first-order valence-electron chi connectivity index (χ1n) is 9.66. The molecule has 0 bridgehead atoms. The van der Waals surface area contributed by atoms with E-state index in [9.17, 15) is 0 Å². The van der Waals surface area contributed by atoms with E-state index in [1.807, 2.05) is 0 Å². The summed E-state index contributed by atoms with van der Waals surface area (Å²) in [5.41, 5.74) is 2.82. The molecule has 2 fully saturated rings. The molecule has 0 unspecified atom stereocenters. The minimum absolute atomic E-state index is 0.0369. The molecule has 5 rings (SSSR count). The zero-order chi connectivity index (χ0) is 17.7. The van der Waals surface area contributed by atoms with Crippen LogP contribution in [0.2, 0.25) is 0 Å². The van der Waals surface area contributed by atoms with Crippen molar-refractivity contribution < 1.29 is 0 Å². The highest BCUT2D eigenvalue weighted by Crippen LogP contribution is 2.58. The van der Waals surface area contributed by atoms with Crippen LogP contribution in [0.3, 0.4) is 0 Å². The first-order valence-corrected chi connectivity index (χ1v) is 9.66. The number of hydrogen-bond acceptors (Lipinski definition) is 4. The molecule has 4 heteroatoms. The third kappa shape index (κ3) is 2.09. The first-order chi connectivity index (χ1) is 12.7. The molecule has 2 heterocycles. The van der Waals surface area contributed by atoms with Crippen LogP contribution < -0.4 is 0 Å². The minimum Gasteiger partial charge on any atom is -0.279 e. The Morgan fingerprint density at radius 2 is 1.38 bits per heavy atom. The summed E-state index contributed by atoms with van der Waals surface area (Å²) in [6.07, 6.45) is 2.31. The maximum atomic E-state index is 4.55. The van der Waals surface area contributed by atoms with Gasteiger partial charge >= 0.3 is 0 Å². The Morgan fingerprint density at radius 3 is 1.92 bits per heavy atom. The molecule has 1 saturated heterocycles. The maximum absolute atomic E-state index is 4.55. The Hall–Kier alpha value is -2.04. The van der Waals surface area contributed by atoms with Gasteiger partial charge < -0.3 is 0 Å². The average molecular weight is 346 g/mol. The third-order valence-electron chi connectivity index (χ3n) is 7.01. The predicted molar refractivity (Wildman–Crippen MR) is 103 cm³/mol. The van der Waals surface area contributed by atoms with E-state index in [-0.39, 0.29) is 5.66 Å². The molecule has 1 saturated carbocycles. The monoisotopic (exact) mass is 346 g/mol. The quantitative estimate of drug-likeness (QED) is 0.812. The van der Waals surface area contributed by atoms with Crippen molar-refractivity contribution in [3.63, 3.8) is 0 Å². The van der Waals surface area contributed by atoms with Gasteiger partial charge in [0.25, 0.3) is 0 Å². The van der Waals surface area contributed by atoms with Gasteiger partial charge in [-0.25, -0.2) is 0 Å². The number of benzene rings is 2. The Balaban J connectivity index is 1.65. The second-order valence-corrected chi connectivity index (χ2v) is 7.96. The lowest BCUT2D eigenvalue weighted by Gasteiger charge is -2.43. The van der Waals surface area contributed by atoms with E-state index in [4.69, 9.17) is 0 Å². The van der Waals surface area contributed by atoms with Gasteiger partial charge in [0.05, 0.1) is 30.3 Å². The zero-order valence-corrected chi connectivity index (χ0v) is 15.5. The molecule has 4 nitrogen and oxygen atoms in total. The second kappa shape index (κ2) is 6.00. The summed E-state index contributed by atoms with van der Waals surface area (Å²) in [6, 6.07) is 23.0. The van der Waals surface area contributed by atoms with Crippen LogP contribution in [0, 0.1) is 5.92 Å². The molecular formula is C22H26N4. The molecule has 0 N–H and O–H groups in total. The summed E-state index contributed by atoms with van der Waals surface area (Å²) in [7, 11) is 4.63. The van der Waals surface area contributed by atoms with Gasteiger partial charge in [-0.2, -0.15) is 10.2 Å². The molecule has 4 atom stereocenters. The van der Waals surface area contributed by atoms with Crippen molar-refractivity contribution >= 4 is 0 Å². The SMILES string of the molecule is CN1[C@@H](c2ccccc2)[C@H](c2ccccc2)N(C)C12CC[C@@H]1N=NC[C@@H]12. The molecule has 3 aliphatic rings. The smallest absolute Gasteiger partial charge is 0.0814 e. The van der Waals surface area contributed by atoms with Crippen LogP contribution >= 0.6 is 0 Å². The highest BCUT2D eigenvalue weighted by atomic mass is 15.5. The van der Waals surface area contributed by atoms with E-state index < -0.39 is 0 Å². The summed E-state index contributed by atoms with van der Waals surface area (Å²) >= 11 is 0. The maximum Gasteiger partial charge on any atom is 0.0814 e. The standard InChI is InChI=1S/C22H26N4/c1-25-20(16-9-5-3-6-10-16)21(17-11-7-4-8-12-17)26(2)22(25)14-13-19-18(22)15-23-24-19/h3-12,18-21H,13-15H2,1-2H3/t18-,19-,20-,21-/m0/s1. The fourth-order valence-electron chi connectivity index (χ4n) is 5.84. The van der Waals surface area contributed by atoms with Crippen molar-refractivity contribution in [2.24, 2.45) is 16.1 Å². The molecule has 26 heavy (non-hydrogen) atoms. The van der Waals surface area contributed by atoms with Crippen LogP contribution in [-0.2, 0) is 0 Å². The predicted octanol–water partition coefficient (Wildman–Crippen LogP) is 4.29. The topological polar surface area (TPSA) is 31.2 Å². The van der Waals surface area contributed by atoms with Gasteiger partial charge in [0.1, 0.15) is 0 Å². The van der Waals surface area contributed by atoms with Crippen LogP contribution in [0.15, 0.2) is 70.9 Å². The molecule has 2 aliphatic heterocycles. The largest absolute Gasteiger partial charge is 0.279 e. The molecule has 1 aliphatic carbocycles. The number of likely N-dealkylation sites (N-methyl/N-ethyl adjacent to an activating group) is 2. The van der Waals surface area contributed by atoms with E-state index >= 15 is 0 Å². The molecule has 134 valence electrons. The molecule has 0 aromatic heterocycles. The zero-order valence-electron chi connectivity index (χ0n) is 15.5. The van der Waals surface area contributed by atoms with Crippen LogP contribution in [-0.4, -0.2) is 42.1 Å². The van der Waals surface area contributed by atoms with Crippen molar-refractivity contribution in [1.82, 2.24) is 9.80 Å². The highest BCUT2D eigenvalue weighted by molar-refractivity contribution is 5.32. The Bertz CT molecular complexity index is 752. The number of hydrogen-bond donors (Lipinski definition) is 0. The summed E-state index contributed by atoms with van der Waals surface area (Å²) in [5, 5.41) is 8.98.